The summed E-state index contributed by atoms with van der Waals surface area (Å²) in [6, 6.07) is 0. The lowest BCUT2D eigenvalue weighted by atomic mass is 10.1. The average Bonchev–Trinajstić information content (AvgIpc) is 2.34. The van der Waals surface area contributed by atoms with Crippen LogP contribution in [0.25, 0.3) is 6.08 Å². The number of aromatic amines is 1. The Morgan fingerprint density at radius 3 is 3.20 bits per heavy atom. The molecule has 1 aromatic heterocycles. The molecule has 1 aromatic rings. The van der Waals surface area contributed by atoms with E-state index in [4.69, 9.17) is 0 Å². The van der Waals surface area contributed by atoms with Crippen LogP contribution in [0.4, 0.5) is 0 Å². The van der Waals surface area contributed by atoms with E-state index in [0.717, 1.165) is 6.54 Å². The van der Waals surface area contributed by atoms with E-state index in [9.17, 15) is 0 Å². The molecule has 0 fully saturated rings. The van der Waals surface area contributed by atoms with Gasteiger partial charge >= 0.3 is 0 Å². The fourth-order valence-electron chi connectivity index (χ4n) is 1.26. The normalized spacial score (nSPS) is 14.5. The lowest BCUT2D eigenvalue weighted by molar-refractivity contribution is 0.853. The summed E-state index contributed by atoms with van der Waals surface area (Å²) in [5.74, 6) is 0. The van der Waals surface area contributed by atoms with Crippen molar-refractivity contribution in [2.45, 2.75) is 13.5 Å². The minimum absolute atomic E-state index is 0.959. The standard InChI is InChI=1S/C8H10N2/c1-6-4-10-8-2-3-9-5-7(6)8/h2-4,9-10H,5H2,1H3. The first-order valence-corrected chi connectivity index (χ1v) is 3.45. The average molecular weight is 134 g/mol. The van der Waals surface area contributed by atoms with Gasteiger partial charge in [-0.2, -0.15) is 0 Å². The summed E-state index contributed by atoms with van der Waals surface area (Å²) in [6.45, 7) is 3.08. The second kappa shape index (κ2) is 1.90. The second-order valence-electron chi connectivity index (χ2n) is 2.58. The van der Waals surface area contributed by atoms with E-state index in [2.05, 4.69) is 23.3 Å². The predicted molar refractivity (Wildman–Crippen MR) is 41.4 cm³/mol. The topological polar surface area (TPSA) is 27.8 Å². The van der Waals surface area contributed by atoms with Gasteiger partial charge in [0.05, 0.1) is 0 Å². The Balaban J connectivity index is 2.57. The van der Waals surface area contributed by atoms with Crippen molar-refractivity contribution in [3.63, 3.8) is 0 Å². The summed E-state index contributed by atoms with van der Waals surface area (Å²) in [7, 11) is 0. The number of nitrogens with one attached hydrogen (secondary N) is 2. The van der Waals surface area contributed by atoms with Gasteiger partial charge in [0.25, 0.3) is 0 Å². The Hall–Kier alpha value is -1.18. The number of hydrogen-bond donors (Lipinski definition) is 2. The summed E-state index contributed by atoms with van der Waals surface area (Å²) in [4.78, 5) is 3.20. The molecule has 0 amide bonds. The molecule has 2 nitrogen and oxygen atoms in total. The Bertz CT molecular complexity index is 271. The molecule has 2 rings (SSSR count). The molecule has 1 aliphatic rings. The molecule has 52 valence electrons. The van der Waals surface area contributed by atoms with Crippen LogP contribution in [0.15, 0.2) is 12.4 Å². The highest BCUT2D eigenvalue weighted by molar-refractivity contribution is 5.54. The minimum atomic E-state index is 0.959. The van der Waals surface area contributed by atoms with E-state index < -0.39 is 0 Å². The molecule has 0 atom stereocenters. The van der Waals surface area contributed by atoms with Crippen molar-refractivity contribution in [1.82, 2.24) is 10.3 Å². The van der Waals surface area contributed by atoms with Gasteiger partial charge in [-0.1, -0.05) is 0 Å². The first kappa shape index (κ1) is 5.59. The van der Waals surface area contributed by atoms with Crippen LogP contribution in [0.1, 0.15) is 16.8 Å². The van der Waals surface area contributed by atoms with Gasteiger partial charge in [0, 0.05) is 18.4 Å². The third-order valence-corrected chi connectivity index (χ3v) is 1.89. The highest BCUT2D eigenvalue weighted by Crippen LogP contribution is 2.16. The van der Waals surface area contributed by atoms with Crippen molar-refractivity contribution in [2.75, 3.05) is 0 Å². The third-order valence-electron chi connectivity index (χ3n) is 1.89. The monoisotopic (exact) mass is 134 g/mol. The van der Waals surface area contributed by atoms with Crippen LogP contribution in [0.2, 0.25) is 0 Å². The largest absolute Gasteiger partial charge is 0.387 e. The van der Waals surface area contributed by atoms with Gasteiger partial charge in [-0.25, -0.2) is 0 Å². The van der Waals surface area contributed by atoms with Crippen LogP contribution >= 0.6 is 0 Å². The van der Waals surface area contributed by atoms with E-state index in [1.807, 2.05) is 12.4 Å². The molecule has 0 unspecified atom stereocenters. The van der Waals surface area contributed by atoms with Crippen molar-refractivity contribution >= 4 is 6.08 Å². The van der Waals surface area contributed by atoms with Crippen molar-refractivity contribution in [2.24, 2.45) is 0 Å². The highest BCUT2D eigenvalue weighted by Gasteiger charge is 2.06. The highest BCUT2D eigenvalue weighted by atomic mass is 14.9. The fourth-order valence-corrected chi connectivity index (χ4v) is 1.26. The van der Waals surface area contributed by atoms with E-state index in [1.165, 1.54) is 16.8 Å². The lowest BCUT2D eigenvalue weighted by Gasteiger charge is -2.07. The molecular weight excluding hydrogens is 124 g/mol. The lowest BCUT2D eigenvalue weighted by Crippen LogP contribution is -2.09. The molecule has 1 aliphatic heterocycles. The van der Waals surface area contributed by atoms with Gasteiger partial charge in [0.1, 0.15) is 0 Å². The maximum atomic E-state index is 3.20. The van der Waals surface area contributed by atoms with Crippen LogP contribution in [0.5, 0.6) is 0 Å². The fraction of sp³-hybridized carbons (Fsp3) is 0.250. The first-order valence-electron chi connectivity index (χ1n) is 3.45. The van der Waals surface area contributed by atoms with Crippen molar-refractivity contribution < 1.29 is 0 Å². The number of rotatable bonds is 0. The Labute approximate surface area is 60.0 Å². The minimum Gasteiger partial charge on any atom is -0.387 e. The number of aromatic nitrogens is 1. The van der Waals surface area contributed by atoms with Crippen molar-refractivity contribution in [1.29, 1.82) is 0 Å². The van der Waals surface area contributed by atoms with Crippen LogP contribution in [-0.2, 0) is 6.54 Å². The second-order valence-corrected chi connectivity index (χ2v) is 2.58. The van der Waals surface area contributed by atoms with E-state index >= 15 is 0 Å². The molecule has 2 N–H and O–H groups in total. The molecule has 0 aliphatic carbocycles. The molecular formula is C8H10N2. The zero-order chi connectivity index (χ0) is 6.97. The SMILES string of the molecule is Cc1c[nH]c2c1CNC=C2. The quantitative estimate of drug-likeness (QED) is 0.551. The molecule has 0 spiro atoms. The Kier molecular flexibility index (Phi) is 1.07. The molecule has 0 saturated heterocycles. The van der Waals surface area contributed by atoms with Gasteiger partial charge in [0.2, 0.25) is 0 Å². The number of fused-ring (bicyclic) bond motifs is 1. The number of H-pyrrole nitrogens is 1. The van der Waals surface area contributed by atoms with E-state index in [1.54, 1.807) is 0 Å². The van der Waals surface area contributed by atoms with E-state index in [0.29, 0.717) is 0 Å². The van der Waals surface area contributed by atoms with Crippen molar-refractivity contribution in [3.8, 4) is 0 Å². The van der Waals surface area contributed by atoms with Crippen LogP contribution in [0, 0.1) is 6.92 Å². The van der Waals surface area contributed by atoms with Gasteiger partial charge in [0.15, 0.2) is 0 Å². The number of hydrogen-bond acceptors (Lipinski definition) is 1. The molecule has 10 heavy (non-hydrogen) atoms. The molecule has 0 radical (unpaired) electrons. The molecule has 0 aromatic carbocycles. The van der Waals surface area contributed by atoms with Crippen molar-refractivity contribution in [3.05, 3.63) is 29.2 Å². The zero-order valence-electron chi connectivity index (χ0n) is 5.94. The maximum absolute atomic E-state index is 3.20. The summed E-state index contributed by atoms with van der Waals surface area (Å²) >= 11 is 0. The molecule has 0 bridgehead atoms. The van der Waals surface area contributed by atoms with Gasteiger partial charge < -0.3 is 10.3 Å². The summed E-state index contributed by atoms with van der Waals surface area (Å²) in [5.41, 5.74) is 3.98. The first-order chi connectivity index (χ1) is 4.88. The van der Waals surface area contributed by atoms with E-state index in [-0.39, 0.29) is 0 Å². The van der Waals surface area contributed by atoms with Gasteiger partial charge in [-0.05, 0) is 30.3 Å². The summed E-state index contributed by atoms with van der Waals surface area (Å²) in [5, 5.41) is 3.17. The van der Waals surface area contributed by atoms with Gasteiger partial charge in [-0.15, -0.1) is 0 Å². The summed E-state index contributed by atoms with van der Waals surface area (Å²) in [6.07, 6.45) is 6.08. The molecule has 0 saturated carbocycles. The van der Waals surface area contributed by atoms with Gasteiger partial charge in [-0.3, -0.25) is 0 Å². The third kappa shape index (κ3) is 0.652. The predicted octanol–water partition coefficient (Wildman–Crippen LogP) is 1.40. The van der Waals surface area contributed by atoms with Crippen LogP contribution in [-0.4, -0.2) is 4.98 Å². The number of aryl methyl sites for hydroxylation is 1. The maximum Gasteiger partial charge on any atom is 0.0448 e. The van der Waals surface area contributed by atoms with Crippen LogP contribution in [0.3, 0.4) is 0 Å². The Morgan fingerprint density at radius 1 is 1.50 bits per heavy atom. The summed E-state index contributed by atoms with van der Waals surface area (Å²) < 4.78 is 0. The Morgan fingerprint density at radius 2 is 2.40 bits per heavy atom. The molecule has 2 heteroatoms. The van der Waals surface area contributed by atoms with Crippen LogP contribution < -0.4 is 5.32 Å². The zero-order valence-corrected chi connectivity index (χ0v) is 5.94. The smallest absolute Gasteiger partial charge is 0.0448 e. The molecule has 2 heterocycles.